The lowest BCUT2D eigenvalue weighted by molar-refractivity contribution is -0.115. The monoisotopic (exact) mass is 398 g/mol. The quantitative estimate of drug-likeness (QED) is 0.459. The van der Waals surface area contributed by atoms with Gasteiger partial charge in [0.25, 0.3) is 0 Å². The standard InChI is InChI=1S/C22H26N2O3S/c1-2-26-11-4-3-5-12-27-19-8-6-7-17(13-19)14-22(25)24-18-9-10-20-21(15-18)28-16-23-20/h6-10,13,15-16H,2-5,11-12,14H2,1H3,(H,24,25). The van der Waals surface area contributed by atoms with Gasteiger partial charge in [-0.05, 0) is 62.1 Å². The summed E-state index contributed by atoms with van der Waals surface area (Å²) in [6.07, 6.45) is 3.46. The van der Waals surface area contributed by atoms with Crippen molar-refractivity contribution >= 4 is 33.1 Å². The number of benzene rings is 2. The van der Waals surface area contributed by atoms with Gasteiger partial charge in [0.2, 0.25) is 5.91 Å². The zero-order valence-corrected chi connectivity index (χ0v) is 17.0. The zero-order chi connectivity index (χ0) is 19.6. The molecule has 0 radical (unpaired) electrons. The number of carbonyl (C=O) groups is 1. The molecule has 3 rings (SSSR count). The molecule has 5 nitrogen and oxygen atoms in total. The first-order valence-electron chi connectivity index (χ1n) is 9.67. The molecule has 1 heterocycles. The molecule has 28 heavy (non-hydrogen) atoms. The van der Waals surface area contributed by atoms with Crippen LogP contribution >= 0.6 is 11.3 Å². The highest BCUT2D eigenvalue weighted by Gasteiger charge is 2.07. The van der Waals surface area contributed by atoms with Crippen molar-refractivity contribution in [2.24, 2.45) is 0 Å². The number of anilines is 1. The van der Waals surface area contributed by atoms with Gasteiger partial charge in [-0.2, -0.15) is 0 Å². The van der Waals surface area contributed by atoms with Gasteiger partial charge >= 0.3 is 0 Å². The number of aromatic nitrogens is 1. The fraction of sp³-hybridized carbons (Fsp3) is 0.364. The van der Waals surface area contributed by atoms with Crippen molar-refractivity contribution in [3.63, 3.8) is 0 Å². The molecule has 0 atom stereocenters. The van der Waals surface area contributed by atoms with E-state index < -0.39 is 0 Å². The van der Waals surface area contributed by atoms with E-state index in [4.69, 9.17) is 9.47 Å². The Morgan fingerprint density at radius 2 is 2.00 bits per heavy atom. The molecule has 0 spiro atoms. The van der Waals surface area contributed by atoms with Gasteiger partial charge in [0.15, 0.2) is 0 Å². The summed E-state index contributed by atoms with van der Waals surface area (Å²) in [6.45, 7) is 4.28. The Bertz CT molecular complexity index is 894. The van der Waals surface area contributed by atoms with Crippen LogP contribution in [0.15, 0.2) is 48.0 Å². The van der Waals surface area contributed by atoms with Gasteiger partial charge in [0, 0.05) is 18.9 Å². The fourth-order valence-corrected chi connectivity index (χ4v) is 3.60. The van der Waals surface area contributed by atoms with Crippen LogP contribution in [0.2, 0.25) is 0 Å². The summed E-state index contributed by atoms with van der Waals surface area (Å²) >= 11 is 1.56. The smallest absolute Gasteiger partial charge is 0.228 e. The third-order valence-corrected chi connectivity index (χ3v) is 5.08. The second kappa shape index (κ2) is 10.8. The van der Waals surface area contributed by atoms with Gasteiger partial charge < -0.3 is 14.8 Å². The lowest BCUT2D eigenvalue weighted by Crippen LogP contribution is -2.14. The third kappa shape index (κ3) is 6.32. The van der Waals surface area contributed by atoms with Gasteiger partial charge in [-0.15, -0.1) is 11.3 Å². The Morgan fingerprint density at radius 1 is 1.11 bits per heavy atom. The van der Waals surface area contributed by atoms with E-state index in [9.17, 15) is 4.79 Å². The largest absolute Gasteiger partial charge is 0.494 e. The molecule has 0 saturated carbocycles. The highest BCUT2D eigenvalue weighted by atomic mass is 32.1. The first kappa shape index (κ1) is 20.3. The number of thiazole rings is 1. The molecule has 0 aliphatic carbocycles. The Labute approximate surface area is 169 Å². The van der Waals surface area contributed by atoms with Crippen LogP contribution in [0.5, 0.6) is 5.75 Å². The predicted octanol–water partition coefficient (Wildman–Crippen LogP) is 5.06. The number of nitrogens with zero attached hydrogens (tertiary/aromatic N) is 1. The second-order valence-electron chi connectivity index (χ2n) is 6.51. The van der Waals surface area contributed by atoms with Crippen LogP contribution in [-0.2, 0) is 16.0 Å². The van der Waals surface area contributed by atoms with Crippen LogP contribution in [0.4, 0.5) is 5.69 Å². The Balaban J connectivity index is 1.44. The van der Waals surface area contributed by atoms with Gasteiger partial charge in [-0.1, -0.05) is 12.1 Å². The van der Waals surface area contributed by atoms with Crippen LogP contribution < -0.4 is 10.1 Å². The number of unbranched alkanes of at least 4 members (excludes halogenated alkanes) is 2. The number of hydrogen-bond donors (Lipinski definition) is 1. The first-order valence-corrected chi connectivity index (χ1v) is 10.5. The summed E-state index contributed by atoms with van der Waals surface area (Å²) in [5.41, 5.74) is 4.48. The molecule has 148 valence electrons. The second-order valence-corrected chi connectivity index (χ2v) is 7.40. The number of hydrogen-bond acceptors (Lipinski definition) is 5. The highest BCUT2D eigenvalue weighted by molar-refractivity contribution is 7.16. The number of rotatable bonds is 11. The number of nitrogens with one attached hydrogen (secondary N) is 1. The van der Waals surface area contributed by atoms with Crippen molar-refractivity contribution in [3.05, 3.63) is 53.5 Å². The maximum absolute atomic E-state index is 12.4. The average Bonchev–Trinajstić information content (AvgIpc) is 3.15. The van der Waals surface area contributed by atoms with Gasteiger partial charge in [0.1, 0.15) is 5.75 Å². The van der Waals surface area contributed by atoms with Crippen molar-refractivity contribution in [2.45, 2.75) is 32.6 Å². The Kier molecular flexibility index (Phi) is 7.82. The highest BCUT2D eigenvalue weighted by Crippen LogP contribution is 2.22. The summed E-state index contributed by atoms with van der Waals surface area (Å²) in [5, 5.41) is 2.96. The van der Waals surface area contributed by atoms with E-state index in [1.54, 1.807) is 16.8 Å². The molecule has 1 amide bonds. The minimum Gasteiger partial charge on any atom is -0.494 e. The Morgan fingerprint density at radius 3 is 2.89 bits per heavy atom. The summed E-state index contributed by atoms with van der Waals surface area (Å²) in [7, 11) is 0. The summed E-state index contributed by atoms with van der Waals surface area (Å²) < 4.78 is 12.2. The SMILES string of the molecule is CCOCCCCCOc1cccc(CC(=O)Nc2ccc3ncsc3c2)c1. The summed E-state index contributed by atoms with van der Waals surface area (Å²) in [5.74, 6) is 0.762. The normalized spacial score (nSPS) is 10.9. The minimum atomic E-state index is -0.0445. The van der Waals surface area contributed by atoms with Crippen LogP contribution in [0.1, 0.15) is 31.7 Å². The summed E-state index contributed by atoms with van der Waals surface area (Å²) in [6, 6.07) is 13.5. The molecule has 6 heteroatoms. The number of fused-ring (bicyclic) bond motifs is 1. The van der Waals surface area contributed by atoms with Gasteiger partial charge in [0.05, 0.1) is 28.8 Å². The molecule has 0 aliphatic heterocycles. The minimum absolute atomic E-state index is 0.0445. The maximum atomic E-state index is 12.4. The molecule has 0 bridgehead atoms. The molecule has 3 aromatic rings. The van der Waals surface area contributed by atoms with Crippen LogP contribution in [-0.4, -0.2) is 30.7 Å². The molecule has 0 saturated heterocycles. The van der Waals surface area contributed by atoms with Crippen molar-refractivity contribution in [1.29, 1.82) is 0 Å². The molecule has 0 fully saturated rings. The molecular weight excluding hydrogens is 372 g/mol. The molecule has 2 aromatic carbocycles. The molecule has 0 unspecified atom stereocenters. The topological polar surface area (TPSA) is 60.5 Å². The molecular formula is C22H26N2O3S. The number of carbonyl (C=O) groups excluding carboxylic acids is 1. The van der Waals surface area contributed by atoms with Crippen molar-refractivity contribution in [2.75, 3.05) is 25.1 Å². The van der Waals surface area contributed by atoms with Gasteiger partial charge in [-0.25, -0.2) is 4.98 Å². The average molecular weight is 399 g/mol. The van der Waals surface area contributed by atoms with Gasteiger partial charge in [-0.3, -0.25) is 4.79 Å². The van der Waals surface area contributed by atoms with E-state index in [1.807, 2.05) is 49.4 Å². The van der Waals surface area contributed by atoms with Crippen molar-refractivity contribution in [1.82, 2.24) is 4.98 Å². The summed E-state index contributed by atoms with van der Waals surface area (Å²) in [4.78, 5) is 16.6. The predicted molar refractivity (Wildman–Crippen MR) is 114 cm³/mol. The van der Waals surface area contributed by atoms with Crippen molar-refractivity contribution in [3.8, 4) is 5.75 Å². The van der Waals surface area contributed by atoms with E-state index >= 15 is 0 Å². The van der Waals surface area contributed by atoms with E-state index in [2.05, 4.69) is 10.3 Å². The van der Waals surface area contributed by atoms with Crippen molar-refractivity contribution < 1.29 is 14.3 Å². The lowest BCUT2D eigenvalue weighted by Gasteiger charge is -2.09. The van der Waals surface area contributed by atoms with Crippen LogP contribution in [0.3, 0.4) is 0 Å². The number of amides is 1. The van der Waals surface area contributed by atoms with Crippen LogP contribution in [0, 0.1) is 0 Å². The van der Waals surface area contributed by atoms with Crippen LogP contribution in [0.25, 0.3) is 10.2 Å². The molecule has 1 aromatic heterocycles. The van der Waals surface area contributed by atoms with E-state index in [-0.39, 0.29) is 5.91 Å². The first-order chi connectivity index (χ1) is 13.7. The number of ether oxygens (including phenoxy) is 2. The fourth-order valence-electron chi connectivity index (χ4n) is 2.89. The maximum Gasteiger partial charge on any atom is 0.228 e. The van der Waals surface area contributed by atoms with E-state index in [1.165, 1.54) is 0 Å². The third-order valence-electron chi connectivity index (χ3n) is 4.28. The Hall–Kier alpha value is -2.44. The molecule has 1 N–H and O–H groups in total. The lowest BCUT2D eigenvalue weighted by atomic mass is 10.1. The zero-order valence-electron chi connectivity index (χ0n) is 16.1. The van der Waals surface area contributed by atoms with E-state index in [0.717, 1.165) is 59.7 Å². The molecule has 0 aliphatic rings. The van der Waals surface area contributed by atoms with E-state index in [0.29, 0.717) is 13.0 Å².